The van der Waals surface area contributed by atoms with Gasteiger partial charge in [0.1, 0.15) is 0 Å². The van der Waals surface area contributed by atoms with Gasteiger partial charge in [0.2, 0.25) is 5.91 Å². The Morgan fingerprint density at radius 1 is 1.00 bits per heavy atom. The predicted octanol–water partition coefficient (Wildman–Crippen LogP) is 3.39. The van der Waals surface area contributed by atoms with Gasteiger partial charge in [0.15, 0.2) is 5.78 Å². The maximum absolute atomic E-state index is 11.9. The van der Waals surface area contributed by atoms with Gasteiger partial charge in [0, 0.05) is 18.4 Å². The molecule has 2 rings (SSSR count). The highest BCUT2D eigenvalue weighted by Gasteiger charge is 2.12. The van der Waals surface area contributed by atoms with E-state index in [0.29, 0.717) is 14.8 Å². The summed E-state index contributed by atoms with van der Waals surface area (Å²) >= 11 is 6.95. The van der Waals surface area contributed by atoms with E-state index in [2.05, 4.69) is 10.9 Å². The first-order valence-electron chi connectivity index (χ1n) is 7.46. The quantitative estimate of drug-likeness (QED) is 0.609. The molecule has 1 aromatic carbocycles. The summed E-state index contributed by atoms with van der Waals surface area (Å²) in [5.74, 6) is -0.976. The number of ketones is 1. The standard InChI is InChI=1S/C17H17ClN2O3S/c1-2-11-3-5-12(6-4-11)17(23)20-19-16(22)10-7-13(21)14-8-9-15(18)24-14/h3-6,8-9H,2,7,10H2,1H3,(H,19,22)(H,20,23). The highest BCUT2D eigenvalue weighted by atomic mass is 35.5. The summed E-state index contributed by atoms with van der Waals surface area (Å²) in [6.45, 7) is 2.03. The fourth-order valence-electron chi connectivity index (χ4n) is 1.97. The number of nitrogens with one attached hydrogen (secondary N) is 2. The van der Waals surface area contributed by atoms with E-state index in [1.54, 1.807) is 24.3 Å². The van der Waals surface area contributed by atoms with Gasteiger partial charge in [-0.2, -0.15) is 0 Å². The van der Waals surface area contributed by atoms with Gasteiger partial charge in [-0.3, -0.25) is 25.2 Å². The Morgan fingerprint density at radius 3 is 2.29 bits per heavy atom. The third-order valence-electron chi connectivity index (χ3n) is 3.37. The van der Waals surface area contributed by atoms with E-state index in [0.717, 1.165) is 12.0 Å². The van der Waals surface area contributed by atoms with E-state index >= 15 is 0 Å². The monoisotopic (exact) mass is 364 g/mol. The Morgan fingerprint density at radius 2 is 1.71 bits per heavy atom. The number of thiophene rings is 1. The van der Waals surface area contributed by atoms with Gasteiger partial charge in [0.05, 0.1) is 9.21 Å². The molecular formula is C17H17ClN2O3S. The number of halogens is 1. The van der Waals surface area contributed by atoms with E-state index in [1.165, 1.54) is 11.3 Å². The average Bonchev–Trinajstić information content (AvgIpc) is 3.04. The SMILES string of the molecule is CCc1ccc(C(=O)NNC(=O)CCC(=O)c2ccc(Cl)s2)cc1. The first kappa shape index (κ1) is 18.2. The molecule has 0 aliphatic rings. The zero-order chi connectivity index (χ0) is 17.5. The van der Waals surface area contributed by atoms with Crippen LogP contribution in [-0.2, 0) is 11.2 Å². The Bertz CT molecular complexity index is 741. The number of hydrazine groups is 1. The van der Waals surface area contributed by atoms with Crippen LogP contribution in [0.3, 0.4) is 0 Å². The van der Waals surface area contributed by atoms with Crippen molar-refractivity contribution in [3.8, 4) is 0 Å². The lowest BCUT2D eigenvalue weighted by Crippen LogP contribution is -2.41. The van der Waals surface area contributed by atoms with Crippen molar-refractivity contribution in [1.29, 1.82) is 0 Å². The molecule has 0 radical (unpaired) electrons. The lowest BCUT2D eigenvalue weighted by atomic mass is 10.1. The third kappa shape index (κ3) is 5.18. The molecule has 2 N–H and O–H groups in total. The van der Waals surface area contributed by atoms with Crippen LogP contribution < -0.4 is 10.9 Å². The Hall–Kier alpha value is -2.18. The van der Waals surface area contributed by atoms with E-state index in [9.17, 15) is 14.4 Å². The van der Waals surface area contributed by atoms with Crippen molar-refractivity contribution in [2.75, 3.05) is 0 Å². The summed E-state index contributed by atoms with van der Waals surface area (Å²) in [6, 6.07) is 10.4. The van der Waals surface area contributed by atoms with Crippen molar-refractivity contribution in [1.82, 2.24) is 10.9 Å². The van der Waals surface area contributed by atoms with Crippen LogP contribution in [0, 0.1) is 0 Å². The number of rotatable bonds is 6. The van der Waals surface area contributed by atoms with E-state index in [1.807, 2.05) is 19.1 Å². The van der Waals surface area contributed by atoms with Crippen molar-refractivity contribution in [2.24, 2.45) is 0 Å². The average molecular weight is 365 g/mol. The second-order valence-electron chi connectivity index (χ2n) is 5.08. The van der Waals surface area contributed by atoms with Gasteiger partial charge in [-0.1, -0.05) is 30.7 Å². The van der Waals surface area contributed by atoms with Gasteiger partial charge in [-0.25, -0.2) is 0 Å². The molecule has 5 nitrogen and oxygen atoms in total. The van der Waals surface area contributed by atoms with Gasteiger partial charge in [-0.15, -0.1) is 11.3 Å². The first-order chi connectivity index (χ1) is 11.5. The minimum absolute atomic E-state index is 0.0105. The maximum atomic E-state index is 11.9. The molecule has 0 unspecified atom stereocenters. The molecule has 2 amide bonds. The van der Waals surface area contributed by atoms with Gasteiger partial charge in [-0.05, 0) is 36.2 Å². The molecule has 2 aromatic rings. The Kier molecular flexibility index (Phi) is 6.52. The minimum Gasteiger partial charge on any atom is -0.293 e. The van der Waals surface area contributed by atoms with Crippen molar-refractivity contribution in [3.63, 3.8) is 0 Å². The topological polar surface area (TPSA) is 75.3 Å². The van der Waals surface area contributed by atoms with Crippen LogP contribution in [0.2, 0.25) is 4.34 Å². The molecule has 0 spiro atoms. The van der Waals surface area contributed by atoms with Crippen LogP contribution in [0.25, 0.3) is 0 Å². The minimum atomic E-state index is -0.426. The summed E-state index contributed by atoms with van der Waals surface area (Å²) in [4.78, 5) is 36.0. The molecule has 0 aliphatic heterocycles. The fraction of sp³-hybridized carbons (Fsp3) is 0.235. The molecule has 24 heavy (non-hydrogen) atoms. The van der Waals surface area contributed by atoms with Crippen molar-refractivity contribution in [3.05, 3.63) is 56.7 Å². The Labute approximate surface area is 149 Å². The molecule has 0 atom stereocenters. The number of hydrogen-bond acceptors (Lipinski definition) is 4. The number of Topliss-reactive ketones (excluding diaryl/α,β-unsaturated/α-hetero) is 1. The number of aryl methyl sites for hydroxylation is 1. The van der Waals surface area contributed by atoms with Crippen LogP contribution in [0.1, 0.15) is 45.4 Å². The summed E-state index contributed by atoms with van der Waals surface area (Å²) < 4.78 is 0.532. The number of hydrogen-bond donors (Lipinski definition) is 2. The Balaban J connectivity index is 1.76. The zero-order valence-electron chi connectivity index (χ0n) is 13.1. The molecule has 0 saturated carbocycles. The molecule has 0 bridgehead atoms. The summed E-state index contributed by atoms with van der Waals surface area (Å²) in [7, 11) is 0. The molecule has 0 fully saturated rings. The molecule has 0 aliphatic carbocycles. The van der Waals surface area contributed by atoms with Crippen LogP contribution in [0.4, 0.5) is 0 Å². The van der Waals surface area contributed by atoms with Crippen LogP contribution in [0.5, 0.6) is 0 Å². The third-order valence-corrected chi connectivity index (χ3v) is 4.64. The molecule has 126 valence electrons. The molecule has 0 saturated heterocycles. The lowest BCUT2D eigenvalue weighted by Gasteiger charge is -2.07. The molecule has 1 heterocycles. The van der Waals surface area contributed by atoms with Crippen molar-refractivity contribution >= 4 is 40.5 Å². The first-order valence-corrected chi connectivity index (χ1v) is 8.65. The second kappa shape index (κ2) is 8.61. The summed E-state index contributed by atoms with van der Waals surface area (Å²) in [5, 5.41) is 0. The smallest absolute Gasteiger partial charge is 0.269 e. The lowest BCUT2D eigenvalue weighted by molar-refractivity contribution is -0.121. The number of benzene rings is 1. The van der Waals surface area contributed by atoms with Crippen molar-refractivity contribution in [2.45, 2.75) is 26.2 Å². The van der Waals surface area contributed by atoms with Crippen LogP contribution >= 0.6 is 22.9 Å². The van der Waals surface area contributed by atoms with Gasteiger partial charge in [0.25, 0.3) is 5.91 Å². The van der Waals surface area contributed by atoms with Gasteiger partial charge < -0.3 is 0 Å². The van der Waals surface area contributed by atoms with E-state index < -0.39 is 11.8 Å². The largest absolute Gasteiger partial charge is 0.293 e. The molecule has 1 aromatic heterocycles. The predicted molar refractivity (Wildman–Crippen MR) is 94.3 cm³/mol. The number of carbonyl (C=O) groups excluding carboxylic acids is 3. The van der Waals surface area contributed by atoms with E-state index in [4.69, 9.17) is 11.6 Å². The number of amides is 2. The highest BCUT2D eigenvalue weighted by molar-refractivity contribution is 7.18. The fourth-order valence-corrected chi connectivity index (χ4v) is 2.98. The number of carbonyl (C=O) groups is 3. The highest BCUT2D eigenvalue weighted by Crippen LogP contribution is 2.22. The summed E-state index contributed by atoms with van der Waals surface area (Å²) in [6.07, 6.45) is 0.940. The second-order valence-corrected chi connectivity index (χ2v) is 6.79. The normalized spacial score (nSPS) is 10.2. The van der Waals surface area contributed by atoms with Crippen LogP contribution in [0.15, 0.2) is 36.4 Å². The molecule has 7 heteroatoms. The zero-order valence-corrected chi connectivity index (χ0v) is 14.7. The van der Waals surface area contributed by atoms with Crippen LogP contribution in [-0.4, -0.2) is 17.6 Å². The van der Waals surface area contributed by atoms with Gasteiger partial charge >= 0.3 is 0 Å². The van der Waals surface area contributed by atoms with E-state index in [-0.39, 0.29) is 18.6 Å². The molecular weight excluding hydrogens is 348 g/mol. The summed E-state index contributed by atoms with van der Waals surface area (Å²) in [5.41, 5.74) is 6.23. The maximum Gasteiger partial charge on any atom is 0.269 e. The van der Waals surface area contributed by atoms with Crippen molar-refractivity contribution < 1.29 is 14.4 Å².